The molecule has 0 N–H and O–H groups in total. The van der Waals surface area contributed by atoms with Gasteiger partial charge in [-0.25, -0.2) is 0 Å². The third-order valence-corrected chi connectivity index (χ3v) is 5.21. The molecule has 1 aliphatic rings. The highest BCUT2D eigenvalue weighted by molar-refractivity contribution is 5.94. The van der Waals surface area contributed by atoms with Crippen LogP contribution in [0.3, 0.4) is 0 Å². The third-order valence-electron chi connectivity index (χ3n) is 5.21. The molecule has 29 heavy (non-hydrogen) atoms. The number of carbonyl (C=O) groups is 2. The van der Waals surface area contributed by atoms with Crippen molar-refractivity contribution in [3.63, 3.8) is 0 Å². The predicted octanol–water partition coefficient (Wildman–Crippen LogP) is 4.32. The Balaban J connectivity index is 1.88. The molecule has 0 fully saturated rings. The van der Waals surface area contributed by atoms with Gasteiger partial charge in [-0.2, -0.15) is 0 Å². The number of rotatable bonds is 5. The summed E-state index contributed by atoms with van der Waals surface area (Å²) in [5.74, 6) is 0.932. The second-order valence-corrected chi connectivity index (χ2v) is 7.87. The van der Waals surface area contributed by atoms with E-state index in [1.807, 2.05) is 73.9 Å². The smallest absolute Gasteiger partial charge is 0.229 e. The normalized spacial score (nSPS) is 13.5. The van der Waals surface area contributed by atoms with Gasteiger partial charge in [-0.1, -0.05) is 44.5 Å². The zero-order valence-corrected chi connectivity index (χ0v) is 17.8. The fourth-order valence-corrected chi connectivity index (χ4v) is 3.50. The lowest BCUT2D eigenvalue weighted by Gasteiger charge is -2.25. The Labute approximate surface area is 173 Å². The largest absolute Gasteiger partial charge is 0.491 e. The predicted molar refractivity (Wildman–Crippen MR) is 115 cm³/mol. The van der Waals surface area contributed by atoms with Gasteiger partial charge < -0.3 is 14.5 Å². The fourth-order valence-electron chi connectivity index (χ4n) is 3.50. The number of benzene rings is 2. The highest BCUT2D eigenvalue weighted by Gasteiger charge is 2.22. The molecular formula is C24H30N2O3. The molecule has 0 spiro atoms. The van der Waals surface area contributed by atoms with Gasteiger partial charge in [-0.05, 0) is 36.8 Å². The number of fused-ring (bicyclic) bond motifs is 1. The lowest BCUT2D eigenvalue weighted by molar-refractivity contribution is -0.131. The van der Waals surface area contributed by atoms with Crippen LogP contribution in [-0.4, -0.2) is 29.9 Å². The van der Waals surface area contributed by atoms with Crippen LogP contribution in [0, 0.1) is 12.8 Å². The Morgan fingerprint density at radius 2 is 1.86 bits per heavy atom. The number of ether oxygens (including phenoxy) is 1. The molecule has 0 aliphatic carbocycles. The van der Waals surface area contributed by atoms with E-state index >= 15 is 0 Å². The van der Waals surface area contributed by atoms with Crippen LogP contribution in [0.5, 0.6) is 5.75 Å². The van der Waals surface area contributed by atoms with Gasteiger partial charge in [0, 0.05) is 30.1 Å². The Hall–Kier alpha value is -2.82. The molecule has 3 rings (SSSR count). The average molecular weight is 395 g/mol. The lowest BCUT2D eigenvalue weighted by atomic mass is 10.1. The molecule has 0 aromatic heterocycles. The number of nitrogens with zero attached hydrogens (tertiary/aromatic N) is 2. The van der Waals surface area contributed by atoms with Crippen molar-refractivity contribution in [3.05, 3.63) is 59.2 Å². The quantitative estimate of drug-likeness (QED) is 0.759. The van der Waals surface area contributed by atoms with Crippen LogP contribution < -0.4 is 9.64 Å². The number of anilines is 1. The van der Waals surface area contributed by atoms with Gasteiger partial charge in [0.15, 0.2) is 0 Å². The summed E-state index contributed by atoms with van der Waals surface area (Å²) >= 11 is 0. The molecule has 0 radical (unpaired) electrons. The van der Waals surface area contributed by atoms with E-state index in [1.54, 1.807) is 0 Å². The van der Waals surface area contributed by atoms with Gasteiger partial charge in [0.1, 0.15) is 12.4 Å². The highest BCUT2D eigenvalue weighted by atomic mass is 16.5. The number of aryl methyl sites for hydroxylation is 1. The maximum Gasteiger partial charge on any atom is 0.229 e. The molecule has 0 saturated carbocycles. The molecule has 1 heterocycles. The van der Waals surface area contributed by atoms with E-state index in [0.29, 0.717) is 32.7 Å². The van der Waals surface area contributed by atoms with Gasteiger partial charge in [0.05, 0.1) is 13.1 Å². The zero-order valence-electron chi connectivity index (χ0n) is 17.8. The first kappa shape index (κ1) is 20.9. The number of amides is 2. The van der Waals surface area contributed by atoms with Gasteiger partial charge in [-0.3, -0.25) is 9.59 Å². The summed E-state index contributed by atoms with van der Waals surface area (Å²) in [7, 11) is 0. The van der Waals surface area contributed by atoms with E-state index in [1.165, 1.54) is 0 Å². The first-order valence-corrected chi connectivity index (χ1v) is 10.3. The summed E-state index contributed by atoms with van der Waals surface area (Å²) in [6.07, 6.45) is 0.485. The van der Waals surface area contributed by atoms with Crippen molar-refractivity contribution in [2.24, 2.45) is 5.92 Å². The van der Waals surface area contributed by atoms with Crippen molar-refractivity contribution in [2.45, 2.75) is 47.2 Å². The average Bonchev–Trinajstić information content (AvgIpc) is 2.93. The van der Waals surface area contributed by atoms with Gasteiger partial charge in [0.2, 0.25) is 11.8 Å². The van der Waals surface area contributed by atoms with Crippen LogP contribution in [0.15, 0.2) is 42.5 Å². The van der Waals surface area contributed by atoms with Gasteiger partial charge >= 0.3 is 0 Å². The lowest BCUT2D eigenvalue weighted by Crippen LogP contribution is -2.34. The maximum absolute atomic E-state index is 12.9. The SMILES string of the molecule is CCC(=O)N1CCOc2ccc(CN(C(=O)C(C)C)c3ccc(C)cc3)cc2C1. The van der Waals surface area contributed by atoms with E-state index in [-0.39, 0.29) is 17.7 Å². The van der Waals surface area contributed by atoms with Crippen molar-refractivity contribution in [1.29, 1.82) is 0 Å². The van der Waals surface area contributed by atoms with E-state index in [0.717, 1.165) is 28.1 Å². The fraction of sp³-hybridized carbons (Fsp3) is 0.417. The van der Waals surface area contributed by atoms with Crippen molar-refractivity contribution in [1.82, 2.24) is 4.90 Å². The van der Waals surface area contributed by atoms with Crippen molar-refractivity contribution in [2.75, 3.05) is 18.1 Å². The summed E-state index contributed by atoms with van der Waals surface area (Å²) in [5.41, 5.74) is 4.06. The molecule has 154 valence electrons. The van der Waals surface area contributed by atoms with Gasteiger partial charge in [-0.15, -0.1) is 0 Å². The minimum atomic E-state index is -0.0990. The zero-order chi connectivity index (χ0) is 21.0. The minimum Gasteiger partial charge on any atom is -0.491 e. The second-order valence-electron chi connectivity index (χ2n) is 7.87. The molecule has 0 saturated heterocycles. The van der Waals surface area contributed by atoms with E-state index in [9.17, 15) is 9.59 Å². The summed E-state index contributed by atoms with van der Waals surface area (Å²) in [6, 6.07) is 14.0. The van der Waals surface area contributed by atoms with Crippen LogP contribution >= 0.6 is 0 Å². The Morgan fingerprint density at radius 3 is 2.52 bits per heavy atom. The van der Waals surface area contributed by atoms with E-state index in [4.69, 9.17) is 4.74 Å². The Kier molecular flexibility index (Phi) is 6.57. The van der Waals surface area contributed by atoms with Crippen molar-refractivity contribution < 1.29 is 14.3 Å². The van der Waals surface area contributed by atoms with Crippen LogP contribution in [0.25, 0.3) is 0 Å². The molecule has 5 nitrogen and oxygen atoms in total. The first-order valence-electron chi connectivity index (χ1n) is 10.3. The van der Waals surface area contributed by atoms with Crippen molar-refractivity contribution in [3.8, 4) is 5.75 Å². The monoisotopic (exact) mass is 394 g/mol. The summed E-state index contributed by atoms with van der Waals surface area (Å²) < 4.78 is 5.84. The number of hydrogen-bond donors (Lipinski definition) is 0. The van der Waals surface area contributed by atoms with E-state index in [2.05, 4.69) is 6.07 Å². The summed E-state index contributed by atoms with van der Waals surface area (Å²) in [6.45, 7) is 9.87. The summed E-state index contributed by atoms with van der Waals surface area (Å²) in [4.78, 5) is 28.8. The van der Waals surface area contributed by atoms with E-state index < -0.39 is 0 Å². The molecular weight excluding hydrogens is 364 g/mol. The van der Waals surface area contributed by atoms with Gasteiger partial charge in [0.25, 0.3) is 0 Å². The molecule has 2 aromatic rings. The van der Waals surface area contributed by atoms with Crippen LogP contribution in [-0.2, 0) is 22.7 Å². The Morgan fingerprint density at radius 1 is 1.14 bits per heavy atom. The third kappa shape index (κ3) is 4.97. The van der Waals surface area contributed by atoms with Crippen LogP contribution in [0.1, 0.15) is 43.9 Å². The standard InChI is InChI=1S/C24H30N2O3/c1-5-23(27)25-12-13-29-22-11-8-19(14-20(22)16-25)15-26(24(28)17(2)3)21-9-6-18(4)7-10-21/h6-11,14,17H,5,12-13,15-16H2,1-4H3. The maximum atomic E-state index is 12.9. The van der Waals surface area contributed by atoms with Crippen LogP contribution in [0.2, 0.25) is 0 Å². The molecule has 1 aliphatic heterocycles. The van der Waals surface area contributed by atoms with Crippen molar-refractivity contribution >= 4 is 17.5 Å². The number of carbonyl (C=O) groups excluding carboxylic acids is 2. The molecule has 0 bridgehead atoms. The second kappa shape index (κ2) is 9.12. The topological polar surface area (TPSA) is 49.9 Å². The molecule has 2 amide bonds. The van der Waals surface area contributed by atoms with Crippen LogP contribution in [0.4, 0.5) is 5.69 Å². The molecule has 0 unspecified atom stereocenters. The first-order chi connectivity index (χ1) is 13.9. The number of hydrogen-bond acceptors (Lipinski definition) is 3. The molecule has 5 heteroatoms. The molecule has 2 aromatic carbocycles. The molecule has 0 atom stereocenters. The minimum absolute atomic E-state index is 0.0860. The Bertz CT molecular complexity index is 874. The highest BCUT2D eigenvalue weighted by Crippen LogP contribution is 2.27. The summed E-state index contributed by atoms with van der Waals surface area (Å²) in [5, 5.41) is 0.